The Bertz CT molecular complexity index is 443. The molecule has 0 radical (unpaired) electrons. The van der Waals surface area contributed by atoms with Crippen molar-refractivity contribution >= 4 is 11.6 Å². The van der Waals surface area contributed by atoms with Crippen molar-refractivity contribution in [3.05, 3.63) is 29.8 Å². The maximum Gasteiger partial charge on any atom is 0.227 e. The second-order valence-electron chi connectivity index (χ2n) is 5.66. The van der Waals surface area contributed by atoms with Gasteiger partial charge in [0.15, 0.2) is 0 Å². The molecule has 1 heterocycles. The van der Waals surface area contributed by atoms with E-state index >= 15 is 0 Å². The monoisotopic (exact) mass is 261 g/mol. The van der Waals surface area contributed by atoms with Gasteiger partial charge in [-0.25, -0.2) is 0 Å². The van der Waals surface area contributed by atoms with Crippen LogP contribution in [0.4, 0.5) is 5.69 Å². The Morgan fingerprint density at radius 2 is 2.11 bits per heavy atom. The topological polar surface area (TPSA) is 58.4 Å². The zero-order chi connectivity index (χ0) is 13.9. The van der Waals surface area contributed by atoms with E-state index < -0.39 is 0 Å². The first-order chi connectivity index (χ1) is 9.03. The number of anilines is 1. The third-order valence-electron chi connectivity index (χ3n) is 4.02. The normalized spacial score (nSPS) is 23.5. The summed E-state index contributed by atoms with van der Waals surface area (Å²) in [6, 6.07) is 8.02. The molecule has 0 saturated carbocycles. The van der Waals surface area contributed by atoms with Crippen LogP contribution < -0.4 is 11.1 Å². The summed E-state index contributed by atoms with van der Waals surface area (Å²) < 4.78 is 0. The van der Waals surface area contributed by atoms with E-state index in [4.69, 9.17) is 5.73 Å². The molecule has 1 unspecified atom stereocenters. The van der Waals surface area contributed by atoms with Crippen LogP contribution in [0.5, 0.6) is 0 Å². The lowest BCUT2D eigenvalue weighted by Crippen LogP contribution is -2.39. The summed E-state index contributed by atoms with van der Waals surface area (Å²) in [4.78, 5) is 14.2. The number of nitrogens with zero attached hydrogens (tertiary/aromatic N) is 1. The molecule has 1 aromatic rings. The summed E-state index contributed by atoms with van der Waals surface area (Å²) in [7, 11) is 1.71. The fourth-order valence-corrected chi connectivity index (χ4v) is 2.71. The third-order valence-corrected chi connectivity index (χ3v) is 4.02. The SMILES string of the molecule is CNC(=O)C1(C)CCN(CCc2ccc(N)cc2)C1. The van der Waals surface area contributed by atoms with Gasteiger partial charge in [-0.2, -0.15) is 0 Å². The average molecular weight is 261 g/mol. The number of nitrogens with one attached hydrogen (secondary N) is 1. The van der Waals surface area contributed by atoms with Crippen LogP contribution in [0.2, 0.25) is 0 Å². The first-order valence-corrected chi connectivity index (χ1v) is 6.82. The standard InChI is InChI=1S/C15H23N3O/c1-15(14(19)17-2)8-10-18(11-15)9-7-12-3-5-13(16)6-4-12/h3-6H,7-11,16H2,1-2H3,(H,17,19). The molecule has 1 aliphatic rings. The molecule has 0 bridgehead atoms. The number of amides is 1. The number of rotatable bonds is 4. The number of hydrogen-bond acceptors (Lipinski definition) is 3. The molecule has 0 spiro atoms. The summed E-state index contributed by atoms with van der Waals surface area (Å²) >= 11 is 0. The smallest absolute Gasteiger partial charge is 0.227 e. The molecule has 2 rings (SSSR count). The Kier molecular flexibility index (Phi) is 4.10. The van der Waals surface area contributed by atoms with Crippen molar-refractivity contribution in [2.75, 3.05) is 32.4 Å². The molecular weight excluding hydrogens is 238 g/mol. The van der Waals surface area contributed by atoms with Gasteiger partial charge in [-0.05, 0) is 44.0 Å². The molecule has 1 atom stereocenters. The number of nitrogens with two attached hydrogens (primary N) is 1. The first kappa shape index (κ1) is 13.9. The summed E-state index contributed by atoms with van der Waals surface area (Å²) in [5.41, 5.74) is 7.55. The Hall–Kier alpha value is -1.55. The molecule has 1 fully saturated rings. The minimum atomic E-state index is -0.226. The predicted octanol–water partition coefficient (Wildman–Crippen LogP) is 1.27. The van der Waals surface area contributed by atoms with E-state index in [0.717, 1.165) is 38.2 Å². The van der Waals surface area contributed by atoms with Crippen LogP contribution in [0.25, 0.3) is 0 Å². The Morgan fingerprint density at radius 3 is 2.74 bits per heavy atom. The molecule has 3 N–H and O–H groups in total. The van der Waals surface area contributed by atoms with Gasteiger partial charge in [0.2, 0.25) is 5.91 Å². The number of hydrogen-bond donors (Lipinski definition) is 2. The van der Waals surface area contributed by atoms with Crippen molar-refractivity contribution in [1.82, 2.24) is 10.2 Å². The summed E-state index contributed by atoms with van der Waals surface area (Å²) in [6.07, 6.45) is 1.94. The second kappa shape index (κ2) is 5.61. The fourth-order valence-electron chi connectivity index (χ4n) is 2.71. The number of benzene rings is 1. The number of carbonyl (C=O) groups is 1. The van der Waals surface area contributed by atoms with E-state index in [1.807, 2.05) is 12.1 Å². The highest BCUT2D eigenvalue weighted by Gasteiger charge is 2.39. The van der Waals surface area contributed by atoms with Gasteiger partial charge in [-0.15, -0.1) is 0 Å². The molecule has 4 heteroatoms. The van der Waals surface area contributed by atoms with Gasteiger partial charge < -0.3 is 16.0 Å². The third kappa shape index (κ3) is 3.26. The average Bonchev–Trinajstić information content (AvgIpc) is 2.80. The first-order valence-electron chi connectivity index (χ1n) is 6.82. The molecule has 1 saturated heterocycles. The van der Waals surface area contributed by atoms with Crippen LogP contribution in [0.15, 0.2) is 24.3 Å². The zero-order valence-corrected chi connectivity index (χ0v) is 11.8. The highest BCUT2D eigenvalue weighted by Crippen LogP contribution is 2.30. The Balaban J connectivity index is 1.85. The number of likely N-dealkylation sites (tertiary alicyclic amines) is 1. The summed E-state index contributed by atoms with van der Waals surface area (Å²) in [6.45, 7) is 4.89. The molecule has 19 heavy (non-hydrogen) atoms. The molecule has 0 aromatic heterocycles. The van der Waals surface area contributed by atoms with Crippen LogP contribution in [-0.4, -0.2) is 37.5 Å². The molecule has 4 nitrogen and oxygen atoms in total. The highest BCUT2D eigenvalue weighted by atomic mass is 16.2. The summed E-state index contributed by atoms with van der Waals surface area (Å²) in [5, 5.41) is 2.77. The maximum absolute atomic E-state index is 11.8. The van der Waals surface area contributed by atoms with E-state index in [9.17, 15) is 4.79 Å². The van der Waals surface area contributed by atoms with Crippen molar-refractivity contribution in [2.24, 2.45) is 5.41 Å². The van der Waals surface area contributed by atoms with Gasteiger partial charge in [0.25, 0.3) is 0 Å². The van der Waals surface area contributed by atoms with E-state index in [-0.39, 0.29) is 11.3 Å². The molecule has 0 aliphatic carbocycles. The Morgan fingerprint density at radius 1 is 1.42 bits per heavy atom. The lowest BCUT2D eigenvalue weighted by atomic mass is 9.89. The van der Waals surface area contributed by atoms with E-state index in [1.165, 1.54) is 5.56 Å². The fraction of sp³-hybridized carbons (Fsp3) is 0.533. The molecule has 104 valence electrons. The van der Waals surface area contributed by atoms with Crippen LogP contribution in [0.1, 0.15) is 18.9 Å². The lowest BCUT2D eigenvalue weighted by molar-refractivity contribution is -0.129. The number of nitrogen functional groups attached to an aromatic ring is 1. The minimum Gasteiger partial charge on any atom is -0.399 e. The highest BCUT2D eigenvalue weighted by molar-refractivity contribution is 5.82. The van der Waals surface area contributed by atoms with Crippen LogP contribution in [0.3, 0.4) is 0 Å². The van der Waals surface area contributed by atoms with Gasteiger partial charge in [0, 0.05) is 25.8 Å². The van der Waals surface area contributed by atoms with Crippen molar-refractivity contribution < 1.29 is 4.79 Å². The van der Waals surface area contributed by atoms with Gasteiger partial charge in [-0.3, -0.25) is 4.79 Å². The van der Waals surface area contributed by atoms with Gasteiger partial charge in [0.05, 0.1) is 5.41 Å². The largest absolute Gasteiger partial charge is 0.399 e. The zero-order valence-electron chi connectivity index (χ0n) is 11.8. The van der Waals surface area contributed by atoms with Gasteiger partial charge in [-0.1, -0.05) is 12.1 Å². The number of carbonyl (C=O) groups excluding carboxylic acids is 1. The van der Waals surface area contributed by atoms with Gasteiger partial charge in [0.1, 0.15) is 0 Å². The van der Waals surface area contributed by atoms with Crippen molar-refractivity contribution in [3.63, 3.8) is 0 Å². The van der Waals surface area contributed by atoms with Gasteiger partial charge >= 0.3 is 0 Å². The summed E-state index contributed by atoms with van der Waals surface area (Å²) in [5.74, 6) is 0.155. The van der Waals surface area contributed by atoms with Crippen molar-refractivity contribution in [3.8, 4) is 0 Å². The van der Waals surface area contributed by atoms with Crippen molar-refractivity contribution in [2.45, 2.75) is 19.8 Å². The van der Waals surface area contributed by atoms with E-state index in [1.54, 1.807) is 7.05 Å². The second-order valence-corrected chi connectivity index (χ2v) is 5.66. The molecular formula is C15H23N3O. The quantitative estimate of drug-likeness (QED) is 0.803. The van der Waals surface area contributed by atoms with Crippen LogP contribution >= 0.6 is 0 Å². The Labute approximate surface area is 115 Å². The van der Waals surface area contributed by atoms with Crippen LogP contribution in [-0.2, 0) is 11.2 Å². The molecule has 1 aliphatic heterocycles. The van der Waals surface area contributed by atoms with Crippen molar-refractivity contribution in [1.29, 1.82) is 0 Å². The molecule has 1 aromatic carbocycles. The predicted molar refractivity (Wildman–Crippen MR) is 77.8 cm³/mol. The van der Waals surface area contributed by atoms with E-state index in [2.05, 4.69) is 29.3 Å². The lowest BCUT2D eigenvalue weighted by Gasteiger charge is -2.22. The minimum absolute atomic E-state index is 0.155. The molecule has 1 amide bonds. The van der Waals surface area contributed by atoms with Crippen LogP contribution in [0, 0.1) is 5.41 Å². The maximum atomic E-state index is 11.8. The van der Waals surface area contributed by atoms with E-state index in [0.29, 0.717) is 0 Å².